The number of hydrogen-bond acceptors (Lipinski definition) is 4. The van der Waals surface area contributed by atoms with E-state index in [4.69, 9.17) is 5.73 Å². The minimum Gasteiger partial charge on any atom is -0.369 e. The van der Waals surface area contributed by atoms with Crippen LogP contribution in [-0.4, -0.2) is 38.7 Å². The number of nitrogens with one attached hydrogen (secondary N) is 1. The molecule has 0 amide bonds. The van der Waals surface area contributed by atoms with Gasteiger partial charge in [0.1, 0.15) is 27.3 Å². The smallest absolute Gasteiger partial charge is 0.288 e. The molecule has 3 N–H and O–H groups in total. The van der Waals surface area contributed by atoms with Gasteiger partial charge in [0, 0.05) is 23.9 Å². The van der Waals surface area contributed by atoms with Crippen LogP contribution in [0.2, 0.25) is 0 Å². The molecule has 1 heterocycles. The summed E-state index contributed by atoms with van der Waals surface area (Å²) in [4.78, 5) is 3.62. The van der Waals surface area contributed by atoms with Crippen molar-refractivity contribution in [1.82, 2.24) is 4.31 Å². The lowest BCUT2D eigenvalue weighted by Gasteiger charge is -2.34. The van der Waals surface area contributed by atoms with E-state index >= 15 is 4.39 Å². The van der Waals surface area contributed by atoms with Crippen LogP contribution < -0.4 is 11.1 Å². The number of hydrogen-bond donors (Lipinski definition) is 2. The van der Waals surface area contributed by atoms with Gasteiger partial charge in [-0.3, -0.25) is 4.31 Å². The molecule has 1 aromatic carbocycles. The van der Waals surface area contributed by atoms with Crippen molar-refractivity contribution in [3.05, 3.63) is 35.2 Å². The standard InChI is InChI=1S/C16H19F3N4OS2/c1-4-5-9-6-10(21-14(25)13(18)19)7-11(12(9)17)16(2)8-26(24)23(3)15(20)22-16/h4-7,13H,8H2,1-3H3,(H2,20,22)(H,21,25)/b5-4+/t16-,26?/m0/s1. The van der Waals surface area contributed by atoms with E-state index in [0.717, 1.165) is 0 Å². The fourth-order valence-electron chi connectivity index (χ4n) is 2.54. The zero-order valence-corrected chi connectivity index (χ0v) is 16.1. The Bertz CT molecular complexity index is 813. The summed E-state index contributed by atoms with van der Waals surface area (Å²) in [5, 5.41) is 2.41. The number of benzene rings is 1. The normalized spacial score (nSPS) is 23.4. The van der Waals surface area contributed by atoms with Crippen LogP contribution in [0.4, 0.5) is 18.9 Å². The molecule has 2 rings (SSSR count). The Morgan fingerprint density at radius 1 is 1.54 bits per heavy atom. The molecule has 1 aliphatic rings. The third kappa shape index (κ3) is 4.07. The number of anilines is 1. The second kappa shape index (κ2) is 7.75. The van der Waals surface area contributed by atoms with Gasteiger partial charge < -0.3 is 11.1 Å². The first-order valence-electron chi connectivity index (χ1n) is 7.62. The Morgan fingerprint density at radius 3 is 2.73 bits per heavy atom. The van der Waals surface area contributed by atoms with Crippen LogP contribution in [-0.2, 0) is 16.5 Å². The molecule has 0 spiro atoms. The van der Waals surface area contributed by atoms with Crippen LogP contribution in [0, 0.1) is 5.82 Å². The van der Waals surface area contributed by atoms with E-state index in [1.54, 1.807) is 19.9 Å². The number of nitrogens with zero attached hydrogens (tertiary/aromatic N) is 2. The molecular formula is C16H19F3N4OS2. The molecule has 10 heteroatoms. The topological polar surface area (TPSA) is 70.7 Å². The number of halogens is 3. The van der Waals surface area contributed by atoms with Gasteiger partial charge in [0.2, 0.25) is 5.96 Å². The van der Waals surface area contributed by atoms with Crippen molar-refractivity contribution in [3.8, 4) is 0 Å². The van der Waals surface area contributed by atoms with Gasteiger partial charge in [-0.2, -0.15) is 0 Å². The molecule has 2 atom stereocenters. The van der Waals surface area contributed by atoms with E-state index in [0.29, 0.717) is 0 Å². The number of alkyl halides is 2. The zero-order valence-electron chi connectivity index (χ0n) is 14.4. The van der Waals surface area contributed by atoms with Gasteiger partial charge in [0.05, 0.1) is 5.75 Å². The zero-order chi connectivity index (χ0) is 19.6. The maximum Gasteiger partial charge on any atom is 0.288 e. The van der Waals surface area contributed by atoms with Gasteiger partial charge in [0.15, 0.2) is 0 Å². The van der Waals surface area contributed by atoms with Gasteiger partial charge >= 0.3 is 0 Å². The Hall–Kier alpha value is -1.94. The molecule has 0 saturated heterocycles. The lowest BCUT2D eigenvalue weighted by Crippen LogP contribution is -2.47. The third-order valence-electron chi connectivity index (χ3n) is 3.89. The average Bonchev–Trinajstić information content (AvgIpc) is 2.55. The average molecular weight is 404 g/mol. The van der Waals surface area contributed by atoms with Crippen molar-refractivity contribution in [1.29, 1.82) is 0 Å². The highest BCUT2D eigenvalue weighted by molar-refractivity contribution is 7.83. The summed E-state index contributed by atoms with van der Waals surface area (Å²) in [5.41, 5.74) is 5.04. The maximum atomic E-state index is 15.0. The van der Waals surface area contributed by atoms with Crippen LogP contribution in [0.25, 0.3) is 6.08 Å². The van der Waals surface area contributed by atoms with Crippen LogP contribution in [0.3, 0.4) is 0 Å². The lowest BCUT2D eigenvalue weighted by molar-refractivity contribution is 0.228. The minimum atomic E-state index is -2.84. The van der Waals surface area contributed by atoms with Crippen LogP contribution in [0.1, 0.15) is 25.0 Å². The largest absolute Gasteiger partial charge is 0.369 e. The fraction of sp³-hybridized carbons (Fsp3) is 0.375. The lowest BCUT2D eigenvalue weighted by atomic mass is 9.91. The van der Waals surface area contributed by atoms with E-state index in [9.17, 15) is 13.0 Å². The number of aliphatic imine (C=N–C) groups is 1. The van der Waals surface area contributed by atoms with Gasteiger partial charge in [-0.15, -0.1) is 0 Å². The summed E-state index contributed by atoms with van der Waals surface area (Å²) in [7, 11) is 0.0214. The predicted octanol–water partition coefficient (Wildman–Crippen LogP) is 3.00. The molecule has 0 saturated carbocycles. The molecule has 1 aromatic rings. The molecule has 5 nitrogen and oxygen atoms in total. The Kier molecular flexibility index (Phi) is 6.07. The second-order valence-corrected chi connectivity index (χ2v) is 7.84. The SMILES string of the molecule is C/C=C/c1cc(NC(=S)C(F)F)cc([C@]2(C)CS(=O)N(C)C(N)=N2)c1F. The van der Waals surface area contributed by atoms with Crippen molar-refractivity contribution < 1.29 is 17.4 Å². The molecule has 1 aliphatic heterocycles. The quantitative estimate of drug-likeness (QED) is 0.757. The summed E-state index contributed by atoms with van der Waals surface area (Å²) in [6.07, 6.45) is 0.269. The molecule has 0 aromatic heterocycles. The summed E-state index contributed by atoms with van der Waals surface area (Å²) in [6.45, 7) is 3.29. The van der Waals surface area contributed by atoms with E-state index in [1.165, 1.54) is 29.6 Å². The minimum absolute atomic E-state index is 0.000847. The number of guanidine groups is 1. The van der Waals surface area contributed by atoms with Gasteiger partial charge in [-0.05, 0) is 26.0 Å². The Balaban J connectivity index is 2.61. The molecule has 1 unspecified atom stereocenters. The van der Waals surface area contributed by atoms with Crippen molar-refractivity contribution >= 4 is 45.9 Å². The van der Waals surface area contributed by atoms with Crippen LogP contribution in [0.5, 0.6) is 0 Å². The number of thiocarbonyl (C=S) groups is 1. The van der Waals surface area contributed by atoms with E-state index in [2.05, 4.69) is 22.5 Å². The van der Waals surface area contributed by atoms with E-state index in [1.807, 2.05) is 0 Å². The molecule has 0 fully saturated rings. The second-order valence-electron chi connectivity index (χ2n) is 5.92. The highest BCUT2D eigenvalue weighted by atomic mass is 32.2. The number of rotatable bonds is 4. The van der Waals surface area contributed by atoms with Gasteiger partial charge in [0.25, 0.3) is 6.43 Å². The van der Waals surface area contributed by atoms with Gasteiger partial charge in [-0.1, -0.05) is 24.4 Å². The van der Waals surface area contributed by atoms with Crippen molar-refractivity contribution in [2.45, 2.75) is 25.8 Å². The van der Waals surface area contributed by atoms with Crippen molar-refractivity contribution in [3.63, 3.8) is 0 Å². The first-order valence-corrected chi connectivity index (χ1v) is 9.30. The summed E-state index contributed by atoms with van der Waals surface area (Å²) < 4.78 is 54.1. The van der Waals surface area contributed by atoms with E-state index in [-0.39, 0.29) is 28.5 Å². The molecular weight excluding hydrogens is 385 g/mol. The first-order chi connectivity index (χ1) is 12.1. The van der Waals surface area contributed by atoms with E-state index < -0.39 is 33.8 Å². The van der Waals surface area contributed by atoms with Crippen molar-refractivity contribution in [2.24, 2.45) is 10.7 Å². The maximum absolute atomic E-state index is 15.0. The first kappa shape index (κ1) is 20.4. The third-order valence-corrected chi connectivity index (χ3v) is 5.77. The fourth-order valence-corrected chi connectivity index (χ4v) is 3.81. The Labute approximate surface area is 157 Å². The highest BCUT2D eigenvalue weighted by Gasteiger charge is 2.38. The summed E-state index contributed by atoms with van der Waals surface area (Å²) in [6, 6.07) is 2.71. The summed E-state index contributed by atoms with van der Waals surface area (Å²) >= 11 is 4.61. The predicted molar refractivity (Wildman–Crippen MR) is 103 cm³/mol. The molecule has 26 heavy (non-hydrogen) atoms. The van der Waals surface area contributed by atoms with Crippen molar-refractivity contribution in [2.75, 3.05) is 18.1 Å². The Morgan fingerprint density at radius 2 is 2.19 bits per heavy atom. The molecule has 142 valence electrons. The molecule has 0 radical (unpaired) electrons. The van der Waals surface area contributed by atoms with Gasteiger partial charge in [-0.25, -0.2) is 22.4 Å². The number of allylic oxidation sites excluding steroid dienone is 1. The summed E-state index contributed by atoms with van der Waals surface area (Å²) in [5.74, 6) is -0.582. The van der Waals surface area contributed by atoms with Crippen LogP contribution in [0.15, 0.2) is 23.2 Å². The highest BCUT2D eigenvalue weighted by Crippen LogP contribution is 2.35. The number of nitrogens with two attached hydrogens (primary N) is 1. The molecule has 0 aliphatic carbocycles. The van der Waals surface area contributed by atoms with Crippen LogP contribution >= 0.6 is 12.2 Å². The monoisotopic (exact) mass is 404 g/mol. The molecule has 0 bridgehead atoms.